The molecule has 0 fully saturated rings. The molecule has 0 aliphatic carbocycles. The van der Waals surface area contributed by atoms with E-state index in [9.17, 15) is 9.59 Å². The number of rotatable bonds is 4. The Morgan fingerprint density at radius 2 is 2.35 bits per heavy atom. The van der Waals surface area contributed by atoms with Crippen LogP contribution in [-0.2, 0) is 17.9 Å². The largest absolute Gasteiger partial charge is 0.345 e. The van der Waals surface area contributed by atoms with E-state index >= 15 is 0 Å². The molecule has 7 nitrogen and oxygen atoms in total. The Morgan fingerprint density at radius 3 is 3.17 bits per heavy atom. The number of benzene rings is 1. The summed E-state index contributed by atoms with van der Waals surface area (Å²) >= 11 is 1.61. The molecule has 2 aromatic rings. The molecule has 0 radical (unpaired) electrons. The number of nitrogens with one attached hydrogen (secondary N) is 2. The van der Waals surface area contributed by atoms with E-state index in [0.717, 1.165) is 17.2 Å². The molecule has 0 unspecified atom stereocenters. The van der Waals surface area contributed by atoms with Crippen LogP contribution in [0, 0.1) is 0 Å². The highest BCUT2D eigenvalue weighted by atomic mass is 32.2. The van der Waals surface area contributed by atoms with Crippen LogP contribution in [0.25, 0.3) is 0 Å². The van der Waals surface area contributed by atoms with Crippen molar-refractivity contribution in [2.45, 2.75) is 31.3 Å². The molecule has 0 spiro atoms. The summed E-state index contributed by atoms with van der Waals surface area (Å²) in [5, 5.41) is 13.5. The lowest BCUT2D eigenvalue weighted by molar-refractivity contribution is -0.115. The van der Waals surface area contributed by atoms with Crippen molar-refractivity contribution in [2.24, 2.45) is 0 Å². The molecule has 1 aliphatic heterocycles. The van der Waals surface area contributed by atoms with Crippen molar-refractivity contribution in [1.82, 2.24) is 20.1 Å². The highest BCUT2D eigenvalue weighted by molar-refractivity contribution is 7.99. The van der Waals surface area contributed by atoms with Crippen molar-refractivity contribution >= 4 is 29.3 Å². The number of thioether (sulfide) groups is 1. The fourth-order valence-corrected chi connectivity index (χ4v) is 3.24. The molecule has 1 aliphatic rings. The highest BCUT2D eigenvalue weighted by Gasteiger charge is 2.16. The Labute approximate surface area is 137 Å². The second kappa shape index (κ2) is 6.82. The third kappa shape index (κ3) is 3.53. The summed E-state index contributed by atoms with van der Waals surface area (Å²) in [5.41, 5.74) is 1.20. The summed E-state index contributed by atoms with van der Waals surface area (Å²) in [5.74, 6) is 1.23. The quantitative estimate of drug-likeness (QED) is 0.889. The van der Waals surface area contributed by atoms with Gasteiger partial charge in [-0.05, 0) is 25.1 Å². The van der Waals surface area contributed by atoms with Gasteiger partial charge in [0.25, 0.3) is 5.91 Å². The summed E-state index contributed by atoms with van der Waals surface area (Å²) in [6, 6.07) is 5.35. The SMILES string of the molecule is CCn1cnnc1CNC(=O)c1ccc2c(c1)NC(=O)CCS2. The zero-order valence-electron chi connectivity index (χ0n) is 12.7. The molecule has 2 heterocycles. The number of amides is 2. The average Bonchev–Trinajstić information content (AvgIpc) is 2.92. The Balaban J connectivity index is 1.71. The lowest BCUT2D eigenvalue weighted by Gasteiger charge is -2.10. The minimum absolute atomic E-state index is 0.0233. The Hall–Kier alpha value is -2.35. The van der Waals surface area contributed by atoms with E-state index in [1.54, 1.807) is 30.2 Å². The van der Waals surface area contributed by atoms with Gasteiger partial charge in [0.05, 0.1) is 12.2 Å². The number of nitrogens with zero attached hydrogens (tertiary/aromatic N) is 3. The van der Waals surface area contributed by atoms with Crippen LogP contribution in [0.3, 0.4) is 0 Å². The van der Waals surface area contributed by atoms with Crippen LogP contribution in [0.2, 0.25) is 0 Å². The summed E-state index contributed by atoms with van der Waals surface area (Å²) in [4.78, 5) is 24.9. The molecule has 3 rings (SSSR count). The predicted molar refractivity (Wildman–Crippen MR) is 87.3 cm³/mol. The third-order valence-electron chi connectivity index (χ3n) is 3.55. The average molecular weight is 331 g/mol. The maximum atomic E-state index is 12.3. The summed E-state index contributed by atoms with van der Waals surface area (Å²) < 4.78 is 1.87. The van der Waals surface area contributed by atoms with Crippen molar-refractivity contribution in [1.29, 1.82) is 0 Å². The number of carbonyl (C=O) groups excluding carboxylic acids is 2. The zero-order chi connectivity index (χ0) is 16.2. The Bertz CT molecular complexity index is 743. The second-order valence-corrected chi connectivity index (χ2v) is 6.21. The van der Waals surface area contributed by atoms with Crippen molar-refractivity contribution in [2.75, 3.05) is 11.1 Å². The van der Waals surface area contributed by atoms with E-state index in [4.69, 9.17) is 0 Å². The van der Waals surface area contributed by atoms with Gasteiger partial charge in [-0.2, -0.15) is 0 Å². The molecule has 2 amide bonds. The molecule has 0 atom stereocenters. The molecule has 23 heavy (non-hydrogen) atoms. The minimum atomic E-state index is -0.207. The zero-order valence-corrected chi connectivity index (χ0v) is 13.5. The van der Waals surface area contributed by atoms with Gasteiger partial charge in [-0.1, -0.05) is 0 Å². The van der Waals surface area contributed by atoms with Crippen LogP contribution in [0.4, 0.5) is 5.69 Å². The highest BCUT2D eigenvalue weighted by Crippen LogP contribution is 2.31. The van der Waals surface area contributed by atoms with Gasteiger partial charge in [0.15, 0.2) is 5.82 Å². The van der Waals surface area contributed by atoms with Crippen LogP contribution < -0.4 is 10.6 Å². The maximum Gasteiger partial charge on any atom is 0.251 e. The van der Waals surface area contributed by atoms with Crippen molar-refractivity contribution in [3.8, 4) is 0 Å². The van der Waals surface area contributed by atoms with Crippen LogP contribution in [-0.4, -0.2) is 32.3 Å². The standard InChI is InChI=1S/C15H17N5O2S/c1-2-20-9-17-19-13(20)8-16-15(22)10-3-4-12-11(7-10)18-14(21)5-6-23-12/h3-4,7,9H,2,5-6,8H2,1H3,(H,16,22)(H,18,21). The van der Waals surface area contributed by atoms with Gasteiger partial charge >= 0.3 is 0 Å². The predicted octanol–water partition coefficient (Wildman–Crippen LogP) is 1.66. The minimum Gasteiger partial charge on any atom is -0.345 e. The fourth-order valence-electron chi connectivity index (χ4n) is 2.30. The lowest BCUT2D eigenvalue weighted by Crippen LogP contribution is -2.25. The number of hydrogen-bond acceptors (Lipinski definition) is 5. The van der Waals surface area contributed by atoms with E-state index in [1.165, 1.54) is 0 Å². The van der Waals surface area contributed by atoms with Gasteiger partial charge in [-0.15, -0.1) is 22.0 Å². The smallest absolute Gasteiger partial charge is 0.251 e. The van der Waals surface area contributed by atoms with Crippen LogP contribution >= 0.6 is 11.8 Å². The number of fused-ring (bicyclic) bond motifs is 1. The van der Waals surface area contributed by atoms with Gasteiger partial charge in [0.2, 0.25) is 5.91 Å². The Kier molecular flexibility index (Phi) is 4.61. The number of carbonyl (C=O) groups is 2. The maximum absolute atomic E-state index is 12.3. The molecular weight excluding hydrogens is 314 g/mol. The number of anilines is 1. The molecule has 0 bridgehead atoms. The molecule has 0 saturated heterocycles. The third-order valence-corrected chi connectivity index (χ3v) is 4.62. The van der Waals surface area contributed by atoms with Crippen molar-refractivity contribution in [3.05, 3.63) is 35.9 Å². The topological polar surface area (TPSA) is 88.9 Å². The van der Waals surface area contributed by atoms with Crippen LogP contribution in [0.1, 0.15) is 29.5 Å². The monoisotopic (exact) mass is 331 g/mol. The van der Waals surface area contributed by atoms with E-state index in [1.807, 2.05) is 17.6 Å². The lowest BCUT2D eigenvalue weighted by atomic mass is 10.2. The molecule has 1 aromatic carbocycles. The van der Waals surface area contributed by atoms with E-state index in [0.29, 0.717) is 30.0 Å². The number of aromatic nitrogens is 3. The summed E-state index contributed by atoms with van der Waals surface area (Å²) in [6.07, 6.45) is 2.12. The van der Waals surface area contributed by atoms with Gasteiger partial charge in [-0.25, -0.2) is 0 Å². The van der Waals surface area contributed by atoms with E-state index in [2.05, 4.69) is 20.8 Å². The second-order valence-electron chi connectivity index (χ2n) is 5.07. The van der Waals surface area contributed by atoms with Crippen molar-refractivity contribution < 1.29 is 9.59 Å². The van der Waals surface area contributed by atoms with Gasteiger partial charge in [0, 0.05) is 29.2 Å². The van der Waals surface area contributed by atoms with Crippen molar-refractivity contribution in [3.63, 3.8) is 0 Å². The summed E-state index contributed by atoms with van der Waals surface area (Å²) in [7, 11) is 0. The molecule has 0 saturated carbocycles. The van der Waals surface area contributed by atoms with Crippen LogP contribution in [0.15, 0.2) is 29.4 Å². The first-order valence-corrected chi connectivity index (χ1v) is 8.37. The number of aryl methyl sites for hydroxylation is 1. The molecule has 8 heteroatoms. The van der Waals surface area contributed by atoms with Gasteiger partial charge in [-0.3, -0.25) is 9.59 Å². The van der Waals surface area contributed by atoms with Gasteiger partial charge in [0.1, 0.15) is 6.33 Å². The molecule has 1 aromatic heterocycles. The Morgan fingerprint density at radius 1 is 1.48 bits per heavy atom. The first-order chi connectivity index (χ1) is 11.2. The summed E-state index contributed by atoms with van der Waals surface area (Å²) in [6.45, 7) is 3.05. The van der Waals surface area contributed by atoms with Crippen LogP contribution in [0.5, 0.6) is 0 Å². The van der Waals surface area contributed by atoms with E-state index in [-0.39, 0.29) is 11.8 Å². The van der Waals surface area contributed by atoms with Gasteiger partial charge < -0.3 is 15.2 Å². The molecule has 120 valence electrons. The van der Waals surface area contributed by atoms with E-state index < -0.39 is 0 Å². The normalized spacial score (nSPS) is 13.9. The first-order valence-electron chi connectivity index (χ1n) is 7.39. The fraction of sp³-hybridized carbons (Fsp3) is 0.333. The molecule has 2 N–H and O–H groups in total. The molecular formula is C15H17N5O2S. The first kappa shape index (κ1) is 15.5. The number of hydrogen-bond donors (Lipinski definition) is 2.